The highest BCUT2D eigenvalue weighted by Gasteiger charge is 2.04. The maximum absolute atomic E-state index is 12.2. The predicted octanol–water partition coefficient (Wildman–Crippen LogP) is 4.71. The van der Waals surface area contributed by atoms with Crippen molar-refractivity contribution in [3.8, 4) is 5.75 Å². The number of aryl methyl sites for hydroxylation is 1. The highest BCUT2D eigenvalue weighted by molar-refractivity contribution is 5.94. The number of amides is 2. The number of anilines is 3. The van der Waals surface area contributed by atoms with Crippen molar-refractivity contribution in [2.24, 2.45) is 0 Å². The van der Waals surface area contributed by atoms with E-state index >= 15 is 0 Å². The molecule has 3 aromatic carbocycles. The molecule has 6 heteroatoms. The first-order valence-electron chi connectivity index (χ1n) is 10.3. The Morgan fingerprint density at radius 2 is 1.55 bits per heavy atom. The Bertz CT molecular complexity index is 988. The van der Waals surface area contributed by atoms with Gasteiger partial charge in [-0.2, -0.15) is 0 Å². The average molecular weight is 418 g/mol. The van der Waals surface area contributed by atoms with Crippen LogP contribution in [0.15, 0.2) is 78.9 Å². The topological polar surface area (TPSA) is 79.5 Å². The van der Waals surface area contributed by atoms with Crippen molar-refractivity contribution in [2.45, 2.75) is 19.8 Å². The predicted molar refractivity (Wildman–Crippen MR) is 125 cm³/mol. The van der Waals surface area contributed by atoms with E-state index in [0.29, 0.717) is 18.0 Å². The van der Waals surface area contributed by atoms with Gasteiger partial charge in [0.1, 0.15) is 5.75 Å². The Kier molecular flexibility index (Phi) is 8.05. The summed E-state index contributed by atoms with van der Waals surface area (Å²) in [6.07, 6.45) is 1.92. The quantitative estimate of drug-likeness (QED) is 0.418. The molecule has 6 nitrogen and oxygen atoms in total. The average Bonchev–Trinajstić information content (AvgIpc) is 2.77. The smallest absolute Gasteiger partial charge is 0.243 e. The van der Waals surface area contributed by atoms with Gasteiger partial charge in [0.25, 0.3) is 0 Å². The first-order chi connectivity index (χ1) is 15.1. The van der Waals surface area contributed by atoms with Gasteiger partial charge in [0.05, 0.1) is 13.2 Å². The summed E-state index contributed by atoms with van der Waals surface area (Å²) in [5.74, 6) is 0.471. The minimum atomic E-state index is -0.165. The summed E-state index contributed by atoms with van der Waals surface area (Å²) in [6.45, 7) is 2.21. The Labute approximate surface area is 182 Å². The zero-order valence-corrected chi connectivity index (χ0v) is 17.6. The number of carbonyl (C=O) groups excluding carboxylic acids is 2. The second kappa shape index (κ2) is 11.4. The van der Waals surface area contributed by atoms with E-state index in [-0.39, 0.29) is 18.4 Å². The van der Waals surface area contributed by atoms with Gasteiger partial charge in [0.15, 0.2) is 0 Å². The van der Waals surface area contributed by atoms with Crippen molar-refractivity contribution in [3.05, 3.63) is 84.4 Å². The fraction of sp³-hybridized carbons (Fsp3) is 0.200. The van der Waals surface area contributed by atoms with Crippen LogP contribution in [0.5, 0.6) is 5.75 Å². The molecule has 0 fully saturated rings. The fourth-order valence-electron chi connectivity index (χ4n) is 3.04. The normalized spacial score (nSPS) is 10.2. The molecule has 0 spiro atoms. The van der Waals surface area contributed by atoms with Crippen molar-refractivity contribution in [1.82, 2.24) is 0 Å². The van der Waals surface area contributed by atoms with Crippen molar-refractivity contribution < 1.29 is 14.3 Å². The summed E-state index contributed by atoms with van der Waals surface area (Å²) >= 11 is 0. The molecule has 0 heterocycles. The molecule has 0 saturated carbocycles. The zero-order chi connectivity index (χ0) is 21.9. The monoisotopic (exact) mass is 417 g/mol. The molecule has 3 rings (SSSR count). The number of hydrogen-bond donors (Lipinski definition) is 3. The van der Waals surface area contributed by atoms with Crippen molar-refractivity contribution in [2.75, 3.05) is 29.1 Å². The molecule has 0 aliphatic carbocycles. The van der Waals surface area contributed by atoms with Crippen molar-refractivity contribution in [3.63, 3.8) is 0 Å². The number of ether oxygens (including phenoxy) is 1. The van der Waals surface area contributed by atoms with Crippen LogP contribution in [0.1, 0.15) is 18.9 Å². The van der Waals surface area contributed by atoms with Crippen molar-refractivity contribution in [1.29, 1.82) is 0 Å². The van der Waals surface area contributed by atoms with Crippen LogP contribution in [0.25, 0.3) is 0 Å². The molecule has 3 aromatic rings. The molecular formula is C25H27N3O3. The van der Waals surface area contributed by atoms with Gasteiger partial charge < -0.3 is 20.7 Å². The van der Waals surface area contributed by atoms with E-state index in [0.717, 1.165) is 24.3 Å². The van der Waals surface area contributed by atoms with E-state index in [4.69, 9.17) is 4.74 Å². The highest BCUT2D eigenvalue weighted by Crippen LogP contribution is 2.17. The second-order valence-corrected chi connectivity index (χ2v) is 7.13. The maximum Gasteiger partial charge on any atom is 0.243 e. The Morgan fingerprint density at radius 1 is 0.806 bits per heavy atom. The number of hydrogen-bond acceptors (Lipinski definition) is 4. The minimum absolute atomic E-state index is 0.112. The number of rotatable bonds is 10. The van der Waals surface area contributed by atoms with Crippen LogP contribution in [0.2, 0.25) is 0 Å². The number of carbonyl (C=O) groups is 2. The van der Waals surface area contributed by atoms with Gasteiger partial charge in [-0.05, 0) is 60.9 Å². The standard InChI is InChI=1S/C25H27N3O3/c1-19(29)27-23-11-5-10-22(17-23)26-18-25(30)28-21-12-14-24(15-13-21)31-16-6-9-20-7-3-2-4-8-20/h2-5,7-8,10-15,17,26H,6,9,16,18H2,1H3,(H,27,29)(H,28,30). The fourth-order valence-corrected chi connectivity index (χ4v) is 3.04. The molecule has 0 aromatic heterocycles. The highest BCUT2D eigenvalue weighted by atomic mass is 16.5. The molecule has 31 heavy (non-hydrogen) atoms. The van der Waals surface area contributed by atoms with Crippen LogP contribution in [0.3, 0.4) is 0 Å². The van der Waals surface area contributed by atoms with Gasteiger partial charge >= 0.3 is 0 Å². The molecule has 0 aliphatic heterocycles. The van der Waals surface area contributed by atoms with E-state index in [1.165, 1.54) is 12.5 Å². The Hall–Kier alpha value is -3.80. The van der Waals surface area contributed by atoms with Gasteiger partial charge in [-0.15, -0.1) is 0 Å². The molecular weight excluding hydrogens is 390 g/mol. The number of nitrogens with one attached hydrogen (secondary N) is 3. The summed E-state index contributed by atoms with van der Waals surface area (Å²) in [4.78, 5) is 23.4. The summed E-state index contributed by atoms with van der Waals surface area (Å²) < 4.78 is 5.78. The Balaban J connectivity index is 1.39. The van der Waals surface area contributed by atoms with Crippen LogP contribution >= 0.6 is 0 Å². The van der Waals surface area contributed by atoms with Gasteiger partial charge in [-0.3, -0.25) is 9.59 Å². The lowest BCUT2D eigenvalue weighted by Gasteiger charge is -2.10. The lowest BCUT2D eigenvalue weighted by atomic mass is 10.1. The molecule has 0 unspecified atom stereocenters. The van der Waals surface area contributed by atoms with Gasteiger partial charge in [-0.1, -0.05) is 36.4 Å². The van der Waals surface area contributed by atoms with Crippen LogP contribution in [-0.2, 0) is 16.0 Å². The van der Waals surface area contributed by atoms with Gasteiger partial charge in [-0.25, -0.2) is 0 Å². The lowest BCUT2D eigenvalue weighted by Crippen LogP contribution is -2.21. The largest absolute Gasteiger partial charge is 0.494 e. The molecule has 0 atom stereocenters. The maximum atomic E-state index is 12.2. The van der Waals surface area contributed by atoms with E-state index in [2.05, 4.69) is 28.1 Å². The third kappa shape index (κ3) is 7.85. The van der Waals surface area contributed by atoms with Gasteiger partial charge in [0.2, 0.25) is 11.8 Å². The van der Waals surface area contributed by atoms with E-state index < -0.39 is 0 Å². The molecule has 0 bridgehead atoms. The Morgan fingerprint density at radius 3 is 2.29 bits per heavy atom. The molecule has 160 valence electrons. The summed E-state index contributed by atoms with van der Waals surface area (Å²) in [7, 11) is 0. The molecule has 3 N–H and O–H groups in total. The van der Waals surface area contributed by atoms with Crippen LogP contribution < -0.4 is 20.7 Å². The summed E-state index contributed by atoms with van der Waals surface area (Å²) in [5.41, 5.74) is 3.44. The van der Waals surface area contributed by atoms with Crippen molar-refractivity contribution >= 4 is 28.9 Å². The zero-order valence-electron chi connectivity index (χ0n) is 17.6. The summed E-state index contributed by atoms with van der Waals surface area (Å²) in [5, 5.41) is 8.61. The first kappa shape index (κ1) is 21.9. The van der Waals surface area contributed by atoms with Crippen LogP contribution in [0.4, 0.5) is 17.1 Å². The lowest BCUT2D eigenvalue weighted by molar-refractivity contribution is -0.115. The van der Waals surface area contributed by atoms with E-state index in [9.17, 15) is 9.59 Å². The van der Waals surface area contributed by atoms with Crippen LogP contribution in [0, 0.1) is 0 Å². The first-order valence-corrected chi connectivity index (χ1v) is 10.3. The van der Waals surface area contributed by atoms with E-state index in [1.54, 1.807) is 12.1 Å². The third-order valence-corrected chi connectivity index (χ3v) is 4.50. The SMILES string of the molecule is CC(=O)Nc1cccc(NCC(=O)Nc2ccc(OCCCc3ccccc3)cc2)c1. The van der Waals surface area contributed by atoms with Crippen LogP contribution in [-0.4, -0.2) is 25.0 Å². The molecule has 0 saturated heterocycles. The second-order valence-electron chi connectivity index (χ2n) is 7.13. The summed E-state index contributed by atoms with van der Waals surface area (Å²) in [6, 6.07) is 24.9. The molecule has 0 radical (unpaired) electrons. The third-order valence-electron chi connectivity index (χ3n) is 4.50. The molecule has 2 amide bonds. The molecule has 0 aliphatic rings. The van der Waals surface area contributed by atoms with Gasteiger partial charge in [0, 0.05) is 24.0 Å². The minimum Gasteiger partial charge on any atom is -0.494 e. The van der Waals surface area contributed by atoms with E-state index in [1.807, 2.05) is 54.6 Å². The number of benzene rings is 3.